The second-order valence-electron chi connectivity index (χ2n) is 3.83. The van der Waals surface area contributed by atoms with Gasteiger partial charge in [0, 0.05) is 30.3 Å². The fraction of sp³-hybridized carbons (Fsp3) is 0.462. The number of carbonyl (C=O) groups excluding carboxylic acids is 1. The summed E-state index contributed by atoms with van der Waals surface area (Å²) >= 11 is 5.94. The lowest BCUT2D eigenvalue weighted by Crippen LogP contribution is -2.33. The monoisotopic (exact) mass is 270 g/mol. The van der Waals surface area contributed by atoms with Crippen LogP contribution < -0.4 is 5.32 Å². The third-order valence-corrected chi connectivity index (χ3v) is 2.85. The molecular weight excluding hydrogens is 252 g/mol. The summed E-state index contributed by atoms with van der Waals surface area (Å²) in [6.07, 6.45) is 0. The molecule has 0 aliphatic heterocycles. The molecule has 1 aromatic rings. The molecule has 1 rings (SSSR count). The van der Waals surface area contributed by atoms with Crippen molar-refractivity contribution in [3.8, 4) is 0 Å². The van der Waals surface area contributed by atoms with Gasteiger partial charge in [-0.05, 0) is 32.0 Å². The van der Waals surface area contributed by atoms with Gasteiger partial charge in [-0.15, -0.1) is 0 Å². The Morgan fingerprint density at radius 1 is 1.44 bits per heavy atom. The van der Waals surface area contributed by atoms with E-state index in [4.69, 9.17) is 16.7 Å². The number of benzene rings is 1. The summed E-state index contributed by atoms with van der Waals surface area (Å²) in [6.45, 7) is 5.41. The summed E-state index contributed by atoms with van der Waals surface area (Å²) in [4.78, 5) is 13.9. The molecule has 0 atom stereocenters. The molecule has 0 radical (unpaired) electrons. The Hall–Kier alpha value is -1.26. The third-order valence-electron chi connectivity index (χ3n) is 2.62. The number of amides is 1. The number of nitrogens with one attached hydrogen (secondary N) is 1. The number of likely N-dealkylation sites (N-methyl/N-ethyl adjacent to an activating group) is 1. The molecule has 0 aromatic heterocycles. The number of halogens is 1. The minimum absolute atomic E-state index is 0.0450. The molecule has 100 valence electrons. The number of anilines is 1. The Morgan fingerprint density at radius 2 is 2.17 bits per heavy atom. The smallest absolute Gasteiger partial charge is 0.256 e. The highest BCUT2D eigenvalue weighted by Crippen LogP contribution is 2.22. The highest BCUT2D eigenvalue weighted by Gasteiger charge is 2.17. The van der Waals surface area contributed by atoms with Gasteiger partial charge in [0.25, 0.3) is 5.91 Å². The van der Waals surface area contributed by atoms with Gasteiger partial charge in [0.2, 0.25) is 0 Å². The molecule has 0 aliphatic carbocycles. The molecular formula is C13H19ClN2O2. The number of aliphatic hydroxyl groups excluding tert-OH is 1. The fourth-order valence-corrected chi connectivity index (χ4v) is 1.90. The SMILES string of the molecule is CCNc1ccc(Cl)cc1C(=O)N(CC)CCO. The Bertz CT molecular complexity index is 410. The Balaban J connectivity index is 3.05. The fourth-order valence-electron chi connectivity index (χ4n) is 1.73. The van der Waals surface area contributed by atoms with E-state index in [1.165, 1.54) is 0 Å². The van der Waals surface area contributed by atoms with Crippen LogP contribution in [0.25, 0.3) is 0 Å². The van der Waals surface area contributed by atoms with Crippen LogP contribution in [0.5, 0.6) is 0 Å². The summed E-state index contributed by atoms with van der Waals surface area (Å²) in [5.41, 5.74) is 1.31. The maximum Gasteiger partial charge on any atom is 0.256 e. The zero-order valence-corrected chi connectivity index (χ0v) is 11.5. The van der Waals surface area contributed by atoms with Gasteiger partial charge in [-0.3, -0.25) is 4.79 Å². The first-order valence-electron chi connectivity index (χ1n) is 6.07. The van der Waals surface area contributed by atoms with Crippen LogP contribution in [0.15, 0.2) is 18.2 Å². The van der Waals surface area contributed by atoms with Crippen LogP contribution in [0.1, 0.15) is 24.2 Å². The second-order valence-corrected chi connectivity index (χ2v) is 4.27. The van der Waals surface area contributed by atoms with Crippen molar-refractivity contribution in [2.45, 2.75) is 13.8 Å². The average Bonchev–Trinajstić information content (AvgIpc) is 2.37. The summed E-state index contributed by atoms with van der Waals surface area (Å²) in [6, 6.07) is 5.20. The largest absolute Gasteiger partial charge is 0.395 e. The first kappa shape index (κ1) is 14.8. The van der Waals surface area contributed by atoms with Gasteiger partial charge in [-0.2, -0.15) is 0 Å². The topological polar surface area (TPSA) is 52.6 Å². The van der Waals surface area contributed by atoms with Gasteiger partial charge in [-0.25, -0.2) is 0 Å². The van der Waals surface area contributed by atoms with Crippen molar-refractivity contribution in [2.75, 3.05) is 31.6 Å². The standard InChI is InChI=1S/C13H19ClN2O2/c1-3-15-12-6-5-10(14)9-11(12)13(18)16(4-2)7-8-17/h5-6,9,15,17H,3-4,7-8H2,1-2H3. The van der Waals surface area contributed by atoms with Crippen molar-refractivity contribution in [1.82, 2.24) is 4.90 Å². The number of carbonyl (C=O) groups is 1. The zero-order valence-electron chi connectivity index (χ0n) is 10.7. The molecule has 18 heavy (non-hydrogen) atoms. The lowest BCUT2D eigenvalue weighted by Gasteiger charge is -2.21. The van der Waals surface area contributed by atoms with E-state index in [0.717, 1.165) is 12.2 Å². The number of hydrogen-bond acceptors (Lipinski definition) is 3. The van der Waals surface area contributed by atoms with Crippen molar-refractivity contribution in [3.05, 3.63) is 28.8 Å². The summed E-state index contributed by atoms with van der Waals surface area (Å²) < 4.78 is 0. The summed E-state index contributed by atoms with van der Waals surface area (Å²) in [5, 5.41) is 12.6. The van der Waals surface area contributed by atoms with E-state index in [-0.39, 0.29) is 12.5 Å². The van der Waals surface area contributed by atoms with Gasteiger partial charge in [0.05, 0.1) is 12.2 Å². The quantitative estimate of drug-likeness (QED) is 0.833. The number of hydrogen-bond donors (Lipinski definition) is 2. The van der Waals surface area contributed by atoms with Crippen molar-refractivity contribution < 1.29 is 9.90 Å². The van der Waals surface area contributed by atoms with Crippen LogP contribution in [0.2, 0.25) is 5.02 Å². The van der Waals surface area contributed by atoms with Crippen LogP contribution in [-0.4, -0.2) is 42.2 Å². The molecule has 1 amide bonds. The maximum atomic E-state index is 12.3. The van der Waals surface area contributed by atoms with Gasteiger partial charge >= 0.3 is 0 Å². The highest BCUT2D eigenvalue weighted by atomic mass is 35.5. The molecule has 0 saturated carbocycles. The van der Waals surface area contributed by atoms with Crippen LogP contribution >= 0.6 is 11.6 Å². The van der Waals surface area contributed by atoms with Crippen molar-refractivity contribution in [2.24, 2.45) is 0 Å². The predicted molar refractivity (Wildman–Crippen MR) is 74.3 cm³/mol. The van der Waals surface area contributed by atoms with E-state index in [0.29, 0.717) is 23.7 Å². The zero-order chi connectivity index (χ0) is 13.5. The van der Waals surface area contributed by atoms with E-state index in [2.05, 4.69) is 5.32 Å². The number of aliphatic hydroxyl groups is 1. The van der Waals surface area contributed by atoms with Gasteiger partial charge in [0.15, 0.2) is 0 Å². The lowest BCUT2D eigenvalue weighted by atomic mass is 10.1. The van der Waals surface area contributed by atoms with E-state index < -0.39 is 0 Å². The third kappa shape index (κ3) is 3.62. The molecule has 0 aliphatic rings. The molecule has 1 aromatic carbocycles. The average molecular weight is 271 g/mol. The molecule has 0 spiro atoms. The van der Waals surface area contributed by atoms with Crippen molar-refractivity contribution in [3.63, 3.8) is 0 Å². The molecule has 5 heteroatoms. The van der Waals surface area contributed by atoms with Gasteiger partial charge in [-0.1, -0.05) is 11.6 Å². The minimum atomic E-state index is -0.120. The molecule has 0 bridgehead atoms. The van der Waals surface area contributed by atoms with E-state index in [1.54, 1.807) is 23.1 Å². The van der Waals surface area contributed by atoms with Crippen LogP contribution in [0.3, 0.4) is 0 Å². The van der Waals surface area contributed by atoms with Crippen molar-refractivity contribution in [1.29, 1.82) is 0 Å². The predicted octanol–water partition coefficient (Wildman–Crippen LogP) is 2.23. The molecule has 2 N–H and O–H groups in total. The first-order chi connectivity index (χ1) is 8.63. The van der Waals surface area contributed by atoms with E-state index in [1.807, 2.05) is 13.8 Å². The molecule has 0 saturated heterocycles. The normalized spacial score (nSPS) is 10.2. The highest BCUT2D eigenvalue weighted by molar-refractivity contribution is 6.31. The number of nitrogens with zero attached hydrogens (tertiary/aromatic N) is 1. The minimum Gasteiger partial charge on any atom is -0.395 e. The van der Waals surface area contributed by atoms with Crippen LogP contribution in [0.4, 0.5) is 5.69 Å². The van der Waals surface area contributed by atoms with Gasteiger partial charge in [0.1, 0.15) is 0 Å². The van der Waals surface area contributed by atoms with Gasteiger partial charge < -0.3 is 15.3 Å². The molecule has 0 unspecified atom stereocenters. The number of rotatable bonds is 6. The van der Waals surface area contributed by atoms with Crippen molar-refractivity contribution >= 4 is 23.2 Å². The van der Waals surface area contributed by atoms with Crippen LogP contribution in [-0.2, 0) is 0 Å². The summed E-state index contributed by atoms with van der Waals surface area (Å²) in [7, 11) is 0. The molecule has 0 fully saturated rings. The lowest BCUT2D eigenvalue weighted by molar-refractivity contribution is 0.0733. The molecule has 0 heterocycles. The second kappa shape index (κ2) is 7.24. The Kier molecular flexibility index (Phi) is 5.95. The van der Waals surface area contributed by atoms with E-state index in [9.17, 15) is 4.79 Å². The maximum absolute atomic E-state index is 12.3. The molecule has 4 nitrogen and oxygen atoms in total. The Labute approximate surface area is 113 Å². The van der Waals surface area contributed by atoms with E-state index >= 15 is 0 Å². The Morgan fingerprint density at radius 3 is 2.72 bits per heavy atom. The summed E-state index contributed by atoms with van der Waals surface area (Å²) in [5.74, 6) is -0.120. The van der Waals surface area contributed by atoms with Crippen LogP contribution in [0, 0.1) is 0 Å². The first-order valence-corrected chi connectivity index (χ1v) is 6.45.